The minimum absolute atomic E-state index is 0.282. The molecule has 2 atom stereocenters. The maximum Gasteiger partial charge on any atom is 0.416 e. The van der Waals surface area contributed by atoms with Crippen LogP contribution in [0.3, 0.4) is 0 Å². The Hall–Kier alpha value is -1.11. The van der Waals surface area contributed by atoms with Crippen LogP contribution in [0, 0.1) is 0 Å². The van der Waals surface area contributed by atoms with Crippen LogP contribution in [0.5, 0.6) is 0 Å². The molecule has 0 unspecified atom stereocenters. The Morgan fingerprint density at radius 3 is 2.70 bits per heavy atom. The fourth-order valence-electron chi connectivity index (χ4n) is 4.62. The Balaban J connectivity index is 1.76. The molecule has 0 aromatic heterocycles. The molecule has 0 aliphatic carbocycles. The number of alkyl halides is 3. The van der Waals surface area contributed by atoms with Gasteiger partial charge in [0.05, 0.1) is 17.7 Å². The van der Waals surface area contributed by atoms with Gasteiger partial charge >= 0.3 is 6.18 Å². The smallest absolute Gasteiger partial charge is 0.376 e. The van der Waals surface area contributed by atoms with Crippen LogP contribution in [0.25, 0.3) is 0 Å². The van der Waals surface area contributed by atoms with E-state index in [1.807, 2.05) is 19.9 Å². The van der Waals surface area contributed by atoms with Crippen LogP contribution < -0.4 is 5.32 Å². The average molecular weight is 386 g/mol. The number of hydrogen-bond donors (Lipinski definition) is 1. The molecule has 2 N–H and O–H groups in total. The summed E-state index contributed by atoms with van der Waals surface area (Å²) in [6.07, 6.45) is 0.563. The lowest BCUT2D eigenvalue weighted by Gasteiger charge is -2.45. The van der Waals surface area contributed by atoms with Gasteiger partial charge in [0.1, 0.15) is 12.6 Å². The van der Waals surface area contributed by atoms with Gasteiger partial charge in [-0.15, -0.1) is 0 Å². The fourth-order valence-corrected chi connectivity index (χ4v) is 4.62. The van der Waals surface area contributed by atoms with Crippen LogP contribution in [-0.4, -0.2) is 38.0 Å². The summed E-state index contributed by atoms with van der Waals surface area (Å²) in [4.78, 5) is 0. The second kappa shape index (κ2) is 8.10. The van der Waals surface area contributed by atoms with Gasteiger partial charge < -0.3 is 14.8 Å². The van der Waals surface area contributed by atoms with Gasteiger partial charge in [-0.3, -0.25) is 0 Å². The molecule has 3 rings (SSSR count). The highest BCUT2D eigenvalue weighted by Crippen LogP contribution is 2.44. The first-order valence-electron chi connectivity index (χ1n) is 9.95. The van der Waals surface area contributed by atoms with Gasteiger partial charge in [-0.05, 0) is 51.2 Å². The molecule has 6 heteroatoms. The molecule has 0 radical (unpaired) electrons. The zero-order valence-corrected chi connectivity index (χ0v) is 16.3. The predicted octanol–water partition coefficient (Wildman–Crippen LogP) is 3.66. The molecule has 2 aliphatic heterocycles. The van der Waals surface area contributed by atoms with Gasteiger partial charge in [0.25, 0.3) is 0 Å². The second-order valence-electron chi connectivity index (χ2n) is 8.59. The normalized spacial score (nSPS) is 28.4. The van der Waals surface area contributed by atoms with Crippen LogP contribution in [-0.2, 0) is 21.1 Å². The van der Waals surface area contributed by atoms with E-state index in [0.717, 1.165) is 63.4 Å². The third kappa shape index (κ3) is 5.24. The van der Waals surface area contributed by atoms with Gasteiger partial charge in [0, 0.05) is 25.0 Å². The molecular weight excluding hydrogens is 355 g/mol. The molecule has 2 saturated heterocycles. The average Bonchev–Trinajstić information content (AvgIpc) is 3.11. The van der Waals surface area contributed by atoms with E-state index in [2.05, 4.69) is 5.32 Å². The van der Waals surface area contributed by atoms with Gasteiger partial charge in [-0.1, -0.05) is 18.2 Å². The number of nitrogens with two attached hydrogens (primary N) is 1. The molecule has 1 aromatic rings. The summed E-state index contributed by atoms with van der Waals surface area (Å²) in [6, 6.07) is 5.90. The molecular formula is C21H31F3NO2+. The predicted molar refractivity (Wildman–Crippen MR) is 97.6 cm³/mol. The molecule has 3 nitrogen and oxygen atoms in total. The number of ether oxygens (including phenoxy) is 2. The first-order valence-corrected chi connectivity index (χ1v) is 9.95. The van der Waals surface area contributed by atoms with E-state index in [0.29, 0.717) is 12.7 Å². The Morgan fingerprint density at radius 1 is 1.22 bits per heavy atom. The molecule has 27 heavy (non-hydrogen) atoms. The maximum atomic E-state index is 13.2. The highest BCUT2D eigenvalue weighted by molar-refractivity contribution is 5.33. The zero-order valence-electron chi connectivity index (χ0n) is 16.3. The molecule has 0 saturated carbocycles. The van der Waals surface area contributed by atoms with E-state index in [4.69, 9.17) is 9.47 Å². The number of hydrogen-bond acceptors (Lipinski definition) is 2. The number of benzene rings is 1. The van der Waals surface area contributed by atoms with Crippen molar-refractivity contribution in [2.75, 3.05) is 26.3 Å². The summed E-state index contributed by atoms with van der Waals surface area (Å²) in [5.74, 6) is 0. The van der Waals surface area contributed by atoms with Crippen LogP contribution in [0.15, 0.2) is 24.3 Å². The fraction of sp³-hybridized carbons (Fsp3) is 0.714. The standard InChI is InChI=1S/C21H30F3NO2/c1-19(2)15-20(9-12-27-19,8-10-25-14-18-7-4-11-26-18)16-5-3-6-17(13-16)21(22,23)24/h3,5-6,13,18,25H,4,7-12,14-15H2,1-2H3/p+1/t18-,20+/m0/s1. The Kier molecular flexibility index (Phi) is 6.18. The van der Waals surface area contributed by atoms with Gasteiger partial charge in [0.15, 0.2) is 0 Å². The summed E-state index contributed by atoms with van der Waals surface area (Å²) in [7, 11) is 0. The molecule has 0 amide bonds. The highest BCUT2D eigenvalue weighted by atomic mass is 19.4. The van der Waals surface area contributed by atoms with E-state index in [1.165, 1.54) is 6.07 Å². The lowest BCUT2D eigenvalue weighted by molar-refractivity contribution is -0.662. The summed E-state index contributed by atoms with van der Waals surface area (Å²) >= 11 is 0. The topological polar surface area (TPSA) is 35.1 Å². The number of halogens is 3. The quantitative estimate of drug-likeness (QED) is 0.758. The molecule has 0 bridgehead atoms. The van der Waals surface area contributed by atoms with Crippen molar-refractivity contribution in [3.8, 4) is 0 Å². The Labute approximate surface area is 159 Å². The van der Waals surface area contributed by atoms with Crippen molar-refractivity contribution in [1.82, 2.24) is 0 Å². The van der Waals surface area contributed by atoms with Crippen molar-refractivity contribution in [1.29, 1.82) is 0 Å². The molecule has 2 heterocycles. The summed E-state index contributed by atoms with van der Waals surface area (Å²) in [5, 5.41) is 2.26. The summed E-state index contributed by atoms with van der Waals surface area (Å²) in [6.45, 7) is 7.30. The monoisotopic (exact) mass is 386 g/mol. The Morgan fingerprint density at radius 2 is 2.04 bits per heavy atom. The van der Waals surface area contributed by atoms with Crippen molar-refractivity contribution in [2.45, 2.75) is 69.2 Å². The highest BCUT2D eigenvalue weighted by Gasteiger charge is 2.43. The zero-order chi connectivity index (χ0) is 19.5. The molecule has 2 fully saturated rings. The van der Waals surface area contributed by atoms with Crippen LogP contribution in [0.1, 0.15) is 57.1 Å². The van der Waals surface area contributed by atoms with E-state index in [1.54, 1.807) is 6.07 Å². The largest absolute Gasteiger partial charge is 0.416 e. The molecule has 0 spiro atoms. The van der Waals surface area contributed by atoms with Crippen molar-refractivity contribution in [2.24, 2.45) is 0 Å². The SMILES string of the molecule is CC1(C)C[C@](CC[NH2+]C[C@@H]2CCCO2)(c2cccc(C(F)(F)F)c2)CCO1. The van der Waals surface area contributed by atoms with Crippen molar-refractivity contribution >= 4 is 0 Å². The number of quaternary nitrogens is 1. The van der Waals surface area contributed by atoms with E-state index < -0.39 is 11.7 Å². The molecule has 1 aromatic carbocycles. The second-order valence-corrected chi connectivity index (χ2v) is 8.59. The first kappa shape index (κ1) is 20.6. The summed E-state index contributed by atoms with van der Waals surface area (Å²) < 4.78 is 51.3. The maximum absolute atomic E-state index is 13.2. The van der Waals surface area contributed by atoms with Crippen molar-refractivity contribution in [3.63, 3.8) is 0 Å². The summed E-state index contributed by atoms with van der Waals surface area (Å²) in [5.41, 5.74) is -0.386. The van der Waals surface area contributed by atoms with E-state index >= 15 is 0 Å². The molecule has 152 valence electrons. The van der Waals surface area contributed by atoms with Crippen molar-refractivity contribution in [3.05, 3.63) is 35.4 Å². The third-order valence-electron chi connectivity index (χ3n) is 5.92. The van der Waals surface area contributed by atoms with E-state index in [9.17, 15) is 13.2 Å². The van der Waals surface area contributed by atoms with Crippen LogP contribution in [0.4, 0.5) is 13.2 Å². The number of rotatable bonds is 6. The van der Waals surface area contributed by atoms with Crippen LogP contribution >= 0.6 is 0 Å². The Bertz CT molecular complexity index is 626. The lowest BCUT2D eigenvalue weighted by Crippen LogP contribution is -2.86. The minimum Gasteiger partial charge on any atom is -0.376 e. The van der Waals surface area contributed by atoms with E-state index in [-0.39, 0.29) is 11.0 Å². The van der Waals surface area contributed by atoms with Crippen molar-refractivity contribution < 1.29 is 28.0 Å². The van der Waals surface area contributed by atoms with Gasteiger partial charge in [-0.2, -0.15) is 13.2 Å². The van der Waals surface area contributed by atoms with Gasteiger partial charge in [0.2, 0.25) is 0 Å². The molecule has 2 aliphatic rings. The minimum atomic E-state index is -4.32. The van der Waals surface area contributed by atoms with Crippen LogP contribution in [0.2, 0.25) is 0 Å². The third-order valence-corrected chi connectivity index (χ3v) is 5.92. The van der Waals surface area contributed by atoms with Gasteiger partial charge in [-0.25, -0.2) is 0 Å². The first-order chi connectivity index (χ1) is 12.7. The lowest BCUT2D eigenvalue weighted by atomic mass is 9.67.